The predicted octanol–water partition coefficient (Wildman–Crippen LogP) is 2.69. The van der Waals surface area contributed by atoms with Crippen LogP contribution in [0, 0.1) is 0 Å². The van der Waals surface area contributed by atoms with E-state index in [1.165, 1.54) is 12.3 Å². The zero-order valence-corrected chi connectivity index (χ0v) is 13.8. The Hall–Kier alpha value is -2.16. The van der Waals surface area contributed by atoms with Crippen LogP contribution >= 0.6 is 0 Å². The number of fused-ring (bicyclic) bond motifs is 2. The predicted molar refractivity (Wildman–Crippen MR) is 85.9 cm³/mol. The van der Waals surface area contributed by atoms with Crippen molar-refractivity contribution in [1.29, 1.82) is 0 Å². The van der Waals surface area contributed by atoms with Gasteiger partial charge in [-0.15, -0.1) is 0 Å². The van der Waals surface area contributed by atoms with Crippen molar-refractivity contribution in [3.8, 4) is 5.75 Å². The van der Waals surface area contributed by atoms with Gasteiger partial charge in [-0.1, -0.05) is 0 Å². The molecule has 7 nitrogen and oxygen atoms in total. The van der Waals surface area contributed by atoms with Crippen molar-refractivity contribution >= 4 is 33.3 Å². The van der Waals surface area contributed by atoms with Gasteiger partial charge in [-0.25, -0.2) is 4.79 Å². The lowest BCUT2D eigenvalue weighted by molar-refractivity contribution is 0.0409. The maximum atomic E-state index is 11.4. The second kappa shape index (κ2) is 5.44. The van der Waals surface area contributed by atoms with Crippen LogP contribution in [-0.2, 0) is 19.7 Å². The van der Waals surface area contributed by atoms with Crippen LogP contribution in [0.4, 0.5) is 0 Å². The number of hydrogen-bond donors (Lipinski definition) is 0. The molecule has 1 saturated heterocycles. The summed E-state index contributed by atoms with van der Waals surface area (Å²) in [6.45, 7) is 3.68. The fourth-order valence-corrected chi connectivity index (χ4v) is 3.59. The molecule has 2 atom stereocenters. The molecule has 0 aliphatic carbocycles. The lowest BCUT2D eigenvalue weighted by atomic mass is 10.0. The van der Waals surface area contributed by atoms with Gasteiger partial charge >= 0.3 is 17.0 Å². The molecule has 3 heterocycles. The monoisotopic (exact) mass is 350 g/mol. The van der Waals surface area contributed by atoms with E-state index in [0.717, 1.165) is 5.39 Å². The third kappa shape index (κ3) is 2.52. The summed E-state index contributed by atoms with van der Waals surface area (Å²) in [5.74, 6) is 0.511. The molecule has 1 aromatic carbocycles. The quantitative estimate of drug-likeness (QED) is 0.671. The first-order chi connectivity index (χ1) is 11.4. The first kappa shape index (κ1) is 15.4. The van der Waals surface area contributed by atoms with Gasteiger partial charge < -0.3 is 13.6 Å². The molecule has 1 aliphatic heterocycles. The molecule has 0 spiro atoms. The van der Waals surface area contributed by atoms with Crippen LogP contribution in [0.5, 0.6) is 5.75 Å². The summed E-state index contributed by atoms with van der Waals surface area (Å²) in [4.78, 5) is 11.4. The van der Waals surface area contributed by atoms with Gasteiger partial charge in [0.15, 0.2) is 0 Å². The minimum atomic E-state index is -1.79. The molecule has 126 valence electrons. The summed E-state index contributed by atoms with van der Waals surface area (Å²) < 4.78 is 38.5. The smallest absolute Gasteiger partial charge is 0.336 e. The third-order valence-corrected chi connectivity index (χ3v) is 4.90. The Balaban J connectivity index is 1.76. The highest BCUT2D eigenvalue weighted by Crippen LogP contribution is 2.36. The van der Waals surface area contributed by atoms with Crippen LogP contribution in [0.1, 0.15) is 13.8 Å². The summed E-state index contributed by atoms with van der Waals surface area (Å²) in [6, 6.07) is 6.38. The number of benzene rings is 1. The van der Waals surface area contributed by atoms with Crippen LogP contribution in [0.2, 0.25) is 0 Å². The molecule has 4 rings (SSSR count). The standard InChI is InChI=1S/C16H14O7S/c1-16(2)13(22-24(18)23-16)8-20-15-9-3-4-14(17)21-12(9)7-11-10(15)5-6-19-11/h3-7,13H,8H2,1-2H3. The molecule has 0 radical (unpaired) electrons. The van der Waals surface area contributed by atoms with Gasteiger partial charge in [0.2, 0.25) is 0 Å². The number of furan rings is 1. The molecule has 0 saturated carbocycles. The van der Waals surface area contributed by atoms with Crippen molar-refractivity contribution in [3.63, 3.8) is 0 Å². The van der Waals surface area contributed by atoms with Gasteiger partial charge in [0.1, 0.15) is 35.2 Å². The molecule has 2 unspecified atom stereocenters. The van der Waals surface area contributed by atoms with Crippen molar-refractivity contribution in [1.82, 2.24) is 0 Å². The maximum Gasteiger partial charge on any atom is 0.336 e. The normalized spacial score (nSPS) is 23.1. The van der Waals surface area contributed by atoms with Gasteiger partial charge in [0.25, 0.3) is 0 Å². The second-order valence-corrected chi connectivity index (χ2v) is 6.76. The van der Waals surface area contributed by atoms with Crippen LogP contribution < -0.4 is 10.4 Å². The van der Waals surface area contributed by atoms with E-state index in [1.54, 1.807) is 32.0 Å². The number of rotatable bonds is 3. The molecule has 1 fully saturated rings. The molecule has 0 N–H and O–H groups in total. The summed E-state index contributed by atoms with van der Waals surface area (Å²) in [5, 5.41) is 1.38. The van der Waals surface area contributed by atoms with E-state index >= 15 is 0 Å². The van der Waals surface area contributed by atoms with E-state index in [2.05, 4.69) is 0 Å². The van der Waals surface area contributed by atoms with Crippen LogP contribution in [0.15, 0.2) is 44.2 Å². The minimum Gasteiger partial charge on any atom is -0.489 e. The van der Waals surface area contributed by atoms with E-state index in [0.29, 0.717) is 22.3 Å². The molecule has 3 aromatic rings. The fraction of sp³-hybridized carbons (Fsp3) is 0.312. The van der Waals surface area contributed by atoms with Crippen molar-refractivity contribution in [2.45, 2.75) is 25.6 Å². The van der Waals surface area contributed by atoms with Crippen molar-refractivity contribution in [3.05, 3.63) is 40.9 Å². The minimum absolute atomic E-state index is 0.122. The van der Waals surface area contributed by atoms with Gasteiger partial charge in [0.05, 0.1) is 17.0 Å². The van der Waals surface area contributed by atoms with E-state index in [1.807, 2.05) is 0 Å². The van der Waals surface area contributed by atoms with Crippen molar-refractivity contribution < 1.29 is 26.1 Å². The van der Waals surface area contributed by atoms with E-state index in [-0.39, 0.29) is 6.61 Å². The molecule has 0 amide bonds. The van der Waals surface area contributed by atoms with Crippen LogP contribution in [-0.4, -0.2) is 22.5 Å². The number of ether oxygens (including phenoxy) is 1. The SMILES string of the molecule is CC1(C)OS(=O)OC1COc1c2ccoc2cc2oc(=O)ccc12. The molecule has 1 aliphatic rings. The molecular formula is C16H14O7S. The lowest BCUT2D eigenvalue weighted by Gasteiger charge is -2.22. The molecule has 2 aromatic heterocycles. The molecule has 8 heteroatoms. The molecular weight excluding hydrogens is 336 g/mol. The maximum absolute atomic E-state index is 11.4. The van der Waals surface area contributed by atoms with Gasteiger partial charge in [-0.2, -0.15) is 4.21 Å². The second-order valence-electron chi connectivity index (χ2n) is 5.99. The van der Waals surface area contributed by atoms with E-state index in [4.69, 9.17) is 21.9 Å². The number of hydrogen-bond acceptors (Lipinski definition) is 7. The highest BCUT2D eigenvalue weighted by Gasteiger charge is 2.43. The van der Waals surface area contributed by atoms with Crippen molar-refractivity contribution in [2.24, 2.45) is 0 Å². The highest BCUT2D eigenvalue weighted by molar-refractivity contribution is 7.75. The third-order valence-electron chi connectivity index (χ3n) is 3.94. The van der Waals surface area contributed by atoms with E-state index in [9.17, 15) is 9.00 Å². The zero-order valence-electron chi connectivity index (χ0n) is 12.9. The van der Waals surface area contributed by atoms with Gasteiger partial charge in [-0.3, -0.25) is 8.37 Å². The zero-order chi connectivity index (χ0) is 16.9. The molecule has 0 bridgehead atoms. The van der Waals surface area contributed by atoms with Crippen LogP contribution in [0.3, 0.4) is 0 Å². The van der Waals surface area contributed by atoms with Crippen LogP contribution in [0.25, 0.3) is 21.9 Å². The lowest BCUT2D eigenvalue weighted by Crippen LogP contribution is -2.37. The summed E-state index contributed by atoms with van der Waals surface area (Å²) in [7, 11) is 0. The Labute approximate surface area is 139 Å². The first-order valence-electron chi connectivity index (χ1n) is 7.29. The Morgan fingerprint density at radius 2 is 2.00 bits per heavy atom. The topological polar surface area (TPSA) is 88.1 Å². The Bertz CT molecular complexity index is 1000. The molecule has 24 heavy (non-hydrogen) atoms. The Kier molecular flexibility index (Phi) is 3.48. The van der Waals surface area contributed by atoms with Gasteiger partial charge in [0, 0.05) is 12.1 Å². The Morgan fingerprint density at radius 1 is 1.21 bits per heavy atom. The summed E-state index contributed by atoms with van der Waals surface area (Å²) in [5.41, 5.74) is -0.287. The summed E-state index contributed by atoms with van der Waals surface area (Å²) in [6.07, 6.45) is 1.02. The average molecular weight is 350 g/mol. The fourth-order valence-electron chi connectivity index (χ4n) is 2.61. The largest absolute Gasteiger partial charge is 0.489 e. The summed E-state index contributed by atoms with van der Waals surface area (Å²) >= 11 is -1.79. The van der Waals surface area contributed by atoms with Gasteiger partial charge in [-0.05, 0) is 26.0 Å². The Morgan fingerprint density at radius 3 is 2.75 bits per heavy atom. The highest BCUT2D eigenvalue weighted by atomic mass is 32.2. The average Bonchev–Trinajstić information content (AvgIpc) is 3.06. The van der Waals surface area contributed by atoms with E-state index < -0.39 is 28.7 Å². The first-order valence-corrected chi connectivity index (χ1v) is 8.29. The van der Waals surface area contributed by atoms with Crippen molar-refractivity contribution in [2.75, 3.05) is 6.61 Å².